The zero-order valence-electron chi connectivity index (χ0n) is 36.4. The van der Waals surface area contributed by atoms with E-state index in [-0.39, 0.29) is 48.8 Å². The molecule has 4 aliphatic carbocycles. The van der Waals surface area contributed by atoms with Crippen LogP contribution in [0.4, 0.5) is 0 Å². The molecule has 4 fully saturated rings. The van der Waals surface area contributed by atoms with Gasteiger partial charge in [-0.2, -0.15) is 0 Å². The minimum absolute atomic E-state index is 0.0329. The number of rotatable bonds is 15. The van der Waals surface area contributed by atoms with Gasteiger partial charge >= 0.3 is 17.9 Å². The summed E-state index contributed by atoms with van der Waals surface area (Å²) in [6, 6.07) is 19.7. The summed E-state index contributed by atoms with van der Waals surface area (Å²) in [7, 11) is 0. The predicted octanol–water partition coefficient (Wildman–Crippen LogP) is 9.04. The lowest BCUT2D eigenvalue weighted by molar-refractivity contribution is -0.292. The van der Waals surface area contributed by atoms with Crippen molar-refractivity contribution in [2.45, 2.75) is 138 Å². The van der Waals surface area contributed by atoms with E-state index in [0.717, 1.165) is 48.0 Å². The molecule has 0 heterocycles. The van der Waals surface area contributed by atoms with E-state index in [1.807, 2.05) is 74.5 Å². The van der Waals surface area contributed by atoms with Crippen molar-refractivity contribution >= 4 is 17.9 Å². The average molecular weight is 815 g/mol. The molecule has 10 nitrogen and oxygen atoms in total. The third-order valence-corrected chi connectivity index (χ3v) is 14.8. The van der Waals surface area contributed by atoms with E-state index in [1.165, 1.54) is 13.8 Å². The SMILES string of the molecule is CC(=O)O[C@@H]1[C@H]2[C@H](C)[C@H](OCOCc3ccccc3)CC[C@]2(C)[C@@H]2CC[C@H]3/C(=C(\CCC=C(C)C)C(=O)OCOCc4ccccc4)[C@@H](OC(C)=O)C[C@]3(C)[C@@]2(C)[C@H]1O. The fourth-order valence-corrected chi connectivity index (χ4v) is 12.1. The highest BCUT2D eigenvalue weighted by Crippen LogP contribution is 2.75. The molecule has 0 aromatic heterocycles. The molecule has 0 spiro atoms. The molecule has 11 atom stereocenters. The zero-order valence-corrected chi connectivity index (χ0v) is 36.4. The molecule has 0 bridgehead atoms. The summed E-state index contributed by atoms with van der Waals surface area (Å²) < 4.78 is 36.4. The van der Waals surface area contributed by atoms with Crippen molar-refractivity contribution in [2.75, 3.05) is 13.6 Å². The third kappa shape index (κ3) is 9.12. The lowest BCUT2D eigenvalue weighted by Gasteiger charge is -2.70. The van der Waals surface area contributed by atoms with Gasteiger partial charge in [-0.3, -0.25) is 9.59 Å². The molecule has 322 valence electrons. The van der Waals surface area contributed by atoms with E-state index in [9.17, 15) is 19.5 Å². The molecule has 6 rings (SSSR count). The van der Waals surface area contributed by atoms with Gasteiger partial charge in [0.05, 0.1) is 25.4 Å². The van der Waals surface area contributed by atoms with Crippen LogP contribution in [0.25, 0.3) is 0 Å². The summed E-state index contributed by atoms with van der Waals surface area (Å²) in [5, 5.41) is 12.9. The highest BCUT2D eigenvalue weighted by Gasteiger charge is 2.74. The molecule has 0 saturated heterocycles. The van der Waals surface area contributed by atoms with Crippen molar-refractivity contribution < 1.29 is 47.9 Å². The molecular formula is C49H66O10. The minimum Gasteiger partial charge on any atom is -0.459 e. The van der Waals surface area contributed by atoms with E-state index in [4.69, 9.17) is 28.4 Å². The van der Waals surface area contributed by atoms with E-state index >= 15 is 0 Å². The van der Waals surface area contributed by atoms with Crippen LogP contribution in [0.15, 0.2) is 83.5 Å². The quantitative estimate of drug-likeness (QED) is 0.0465. The number of esters is 3. The molecule has 4 aliphatic rings. The Bertz CT molecular complexity index is 1840. The molecule has 0 unspecified atom stereocenters. The Labute approximate surface area is 351 Å². The Morgan fingerprint density at radius 1 is 0.814 bits per heavy atom. The van der Waals surface area contributed by atoms with Crippen LogP contribution in [0.1, 0.15) is 111 Å². The molecule has 2 aromatic carbocycles. The Kier molecular flexibility index (Phi) is 14.3. The van der Waals surface area contributed by atoms with Crippen LogP contribution in [-0.2, 0) is 56.0 Å². The second-order valence-electron chi connectivity index (χ2n) is 18.4. The van der Waals surface area contributed by atoms with Gasteiger partial charge in [-0.1, -0.05) is 100 Å². The summed E-state index contributed by atoms with van der Waals surface area (Å²) in [5.41, 5.74) is 2.69. The normalized spacial score (nSPS) is 34.4. The maximum atomic E-state index is 14.3. The number of aliphatic hydroxyl groups is 1. The molecule has 0 radical (unpaired) electrons. The van der Waals surface area contributed by atoms with Gasteiger partial charge in [-0.15, -0.1) is 0 Å². The molecule has 1 N–H and O–H groups in total. The lowest BCUT2D eigenvalue weighted by atomic mass is 9.35. The molecule has 59 heavy (non-hydrogen) atoms. The van der Waals surface area contributed by atoms with Gasteiger partial charge in [-0.05, 0) is 104 Å². The maximum Gasteiger partial charge on any atom is 0.336 e. The fraction of sp³-hybridized carbons (Fsp3) is 0.612. The van der Waals surface area contributed by atoms with Crippen LogP contribution < -0.4 is 0 Å². The number of ether oxygens (including phenoxy) is 6. The van der Waals surface area contributed by atoms with E-state index < -0.39 is 47.0 Å². The highest BCUT2D eigenvalue weighted by molar-refractivity contribution is 5.90. The number of benzene rings is 2. The summed E-state index contributed by atoms with van der Waals surface area (Å²) in [6.07, 6.45) is 3.96. The largest absolute Gasteiger partial charge is 0.459 e. The first-order valence-electron chi connectivity index (χ1n) is 21.5. The average Bonchev–Trinajstić information content (AvgIpc) is 3.48. The molecule has 0 aliphatic heterocycles. The monoisotopic (exact) mass is 814 g/mol. The minimum atomic E-state index is -1.04. The van der Waals surface area contributed by atoms with Crippen LogP contribution in [0, 0.1) is 39.9 Å². The van der Waals surface area contributed by atoms with E-state index in [1.54, 1.807) is 0 Å². The van der Waals surface area contributed by atoms with Crippen molar-refractivity contribution in [1.29, 1.82) is 0 Å². The first kappa shape index (κ1) is 44.7. The van der Waals surface area contributed by atoms with Crippen LogP contribution in [0.3, 0.4) is 0 Å². The number of aliphatic hydroxyl groups excluding tert-OH is 1. The zero-order chi connectivity index (χ0) is 42.5. The van der Waals surface area contributed by atoms with Gasteiger partial charge in [0.2, 0.25) is 0 Å². The Hall–Kier alpha value is -3.83. The standard InChI is InChI=1S/C49H66O10/c1-31(2)16-15-21-37(46(53)57-30-55-28-36-19-13-10-14-20-36)42-38-22-23-41-47(6)25-24-39(56-29-54-27-35-17-11-9-12-18-35)32(3)43(47)44(59-34(5)51)45(52)49(41,8)48(38,7)26-40(42)58-33(4)50/h9-14,16-20,32,38-41,43-45,52H,15,21-30H2,1-8H3/b42-37-/t32-,38+,39-,40+,41+,43-,44-,45+,47-,48+,49-/m1/s1. The van der Waals surface area contributed by atoms with E-state index in [0.29, 0.717) is 38.0 Å². The lowest BCUT2D eigenvalue weighted by Crippen LogP contribution is -2.72. The Morgan fingerprint density at radius 2 is 1.42 bits per heavy atom. The molecular weight excluding hydrogens is 749 g/mol. The summed E-state index contributed by atoms with van der Waals surface area (Å²) in [6.45, 7) is 16.3. The smallest absolute Gasteiger partial charge is 0.336 e. The van der Waals surface area contributed by atoms with Gasteiger partial charge in [-0.25, -0.2) is 4.79 Å². The van der Waals surface area contributed by atoms with Crippen LogP contribution in [0.2, 0.25) is 0 Å². The fourth-order valence-electron chi connectivity index (χ4n) is 12.1. The number of hydrogen-bond acceptors (Lipinski definition) is 10. The first-order valence-corrected chi connectivity index (χ1v) is 21.5. The topological polar surface area (TPSA) is 127 Å². The second kappa shape index (κ2) is 18.8. The summed E-state index contributed by atoms with van der Waals surface area (Å²) in [5.74, 6) is -1.77. The van der Waals surface area contributed by atoms with Gasteiger partial charge in [0.25, 0.3) is 0 Å². The highest BCUT2D eigenvalue weighted by atomic mass is 16.7. The van der Waals surface area contributed by atoms with Crippen molar-refractivity contribution in [1.82, 2.24) is 0 Å². The predicted molar refractivity (Wildman–Crippen MR) is 223 cm³/mol. The summed E-state index contributed by atoms with van der Waals surface area (Å²) in [4.78, 5) is 40.1. The van der Waals surface area contributed by atoms with Gasteiger partial charge in [0.15, 0.2) is 6.79 Å². The molecule has 10 heteroatoms. The van der Waals surface area contributed by atoms with Gasteiger partial charge in [0.1, 0.15) is 19.0 Å². The van der Waals surface area contributed by atoms with Gasteiger partial charge < -0.3 is 33.5 Å². The molecule has 4 saturated carbocycles. The molecule has 0 amide bonds. The molecule has 2 aromatic rings. The Balaban J connectivity index is 1.32. The van der Waals surface area contributed by atoms with Crippen molar-refractivity contribution in [3.05, 3.63) is 94.6 Å². The van der Waals surface area contributed by atoms with Crippen molar-refractivity contribution in [3.63, 3.8) is 0 Å². The van der Waals surface area contributed by atoms with Crippen LogP contribution in [-0.4, -0.2) is 61.0 Å². The number of carbonyl (C=O) groups excluding carboxylic acids is 3. The number of carbonyl (C=O) groups is 3. The van der Waals surface area contributed by atoms with E-state index in [2.05, 4.69) is 33.8 Å². The Morgan fingerprint density at radius 3 is 2.02 bits per heavy atom. The van der Waals surface area contributed by atoms with Crippen LogP contribution in [0.5, 0.6) is 0 Å². The second-order valence-corrected chi connectivity index (χ2v) is 18.4. The van der Waals surface area contributed by atoms with Gasteiger partial charge in [0, 0.05) is 30.8 Å². The van der Waals surface area contributed by atoms with Crippen molar-refractivity contribution in [2.24, 2.45) is 39.9 Å². The summed E-state index contributed by atoms with van der Waals surface area (Å²) >= 11 is 0. The van der Waals surface area contributed by atoms with Crippen LogP contribution >= 0.6 is 0 Å². The first-order chi connectivity index (χ1) is 28.1. The van der Waals surface area contributed by atoms with Crippen molar-refractivity contribution in [3.8, 4) is 0 Å². The number of hydrogen-bond donors (Lipinski definition) is 1. The third-order valence-electron chi connectivity index (χ3n) is 14.8. The number of allylic oxidation sites excluding steroid dienone is 2. The number of fused-ring (bicyclic) bond motifs is 5. The maximum absolute atomic E-state index is 14.3.